The molecule has 0 aliphatic carbocycles. The summed E-state index contributed by atoms with van der Waals surface area (Å²) in [5.41, 5.74) is -0.240. The highest BCUT2D eigenvalue weighted by Crippen LogP contribution is 2.23. The maximum Gasteiger partial charge on any atom is 0.335 e. The summed E-state index contributed by atoms with van der Waals surface area (Å²) in [5.74, 6) is -1.69. The van der Waals surface area contributed by atoms with E-state index >= 15 is 0 Å². The van der Waals surface area contributed by atoms with E-state index in [4.69, 9.17) is 16.7 Å². The molecule has 1 unspecified atom stereocenters. The Balaban J connectivity index is 3.14. The van der Waals surface area contributed by atoms with Crippen LogP contribution in [0.5, 0.6) is 0 Å². The average Bonchev–Trinajstić information content (AvgIpc) is 2.24. The maximum absolute atomic E-state index is 12.1. The van der Waals surface area contributed by atoms with Gasteiger partial charge in [0.15, 0.2) is 0 Å². The van der Waals surface area contributed by atoms with Crippen LogP contribution in [0.15, 0.2) is 23.1 Å². The van der Waals surface area contributed by atoms with Crippen molar-refractivity contribution in [1.82, 2.24) is 4.72 Å². The SMILES string of the molecule is CC(CS(C)(=O)=O)NS(=O)(=O)c1cc(C(=O)O)ccc1Cl. The van der Waals surface area contributed by atoms with Crippen LogP contribution in [-0.4, -0.2) is 46.0 Å². The molecular formula is C11H14ClNO6S2. The summed E-state index contributed by atoms with van der Waals surface area (Å²) in [6.07, 6.45) is 0.982. The van der Waals surface area contributed by atoms with Gasteiger partial charge >= 0.3 is 5.97 Å². The fourth-order valence-electron chi connectivity index (χ4n) is 1.66. The first-order chi connectivity index (χ1) is 9.42. The Hall–Kier alpha value is -1.16. The Morgan fingerprint density at radius 2 is 1.90 bits per heavy atom. The maximum atomic E-state index is 12.1. The van der Waals surface area contributed by atoms with Crippen molar-refractivity contribution in [2.75, 3.05) is 12.0 Å². The van der Waals surface area contributed by atoms with Crippen LogP contribution in [0.2, 0.25) is 5.02 Å². The second-order valence-corrected chi connectivity index (χ2v) is 8.84. The van der Waals surface area contributed by atoms with Gasteiger partial charge in [-0.25, -0.2) is 26.4 Å². The third-order valence-corrected chi connectivity index (χ3v) is 5.55. The van der Waals surface area contributed by atoms with Gasteiger partial charge in [0, 0.05) is 12.3 Å². The molecule has 10 heteroatoms. The predicted octanol–water partition coefficient (Wildman–Crippen LogP) is 0.750. The number of carbonyl (C=O) groups is 1. The summed E-state index contributed by atoms with van der Waals surface area (Å²) in [6, 6.07) is 2.36. The summed E-state index contributed by atoms with van der Waals surface area (Å²) in [4.78, 5) is 10.5. The highest BCUT2D eigenvalue weighted by atomic mass is 35.5. The fourth-order valence-corrected chi connectivity index (χ4v) is 4.53. The molecule has 0 aromatic heterocycles. The molecule has 0 fully saturated rings. The Morgan fingerprint density at radius 1 is 1.33 bits per heavy atom. The third kappa shape index (κ3) is 5.27. The van der Waals surface area contributed by atoms with Crippen LogP contribution in [-0.2, 0) is 19.9 Å². The lowest BCUT2D eigenvalue weighted by molar-refractivity contribution is 0.0696. The topological polar surface area (TPSA) is 118 Å². The largest absolute Gasteiger partial charge is 0.478 e. The summed E-state index contributed by atoms with van der Waals surface area (Å²) in [6.45, 7) is 1.38. The highest BCUT2D eigenvalue weighted by Gasteiger charge is 2.23. The number of nitrogens with one attached hydrogen (secondary N) is 1. The average molecular weight is 356 g/mol. The number of hydrogen-bond donors (Lipinski definition) is 2. The van der Waals surface area contributed by atoms with Gasteiger partial charge in [0.05, 0.1) is 16.3 Å². The van der Waals surface area contributed by atoms with Crippen molar-refractivity contribution >= 4 is 37.4 Å². The summed E-state index contributed by atoms with van der Waals surface area (Å²) in [5, 5.41) is 8.71. The van der Waals surface area contributed by atoms with Gasteiger partial charge in [0.1, 0.15) is 14.7 Å². The van der Waals surface area contributed by atoms with E-state index in [1.54, 1.807) is 0 Å². The van der Waals surface area contributed by atoms with E-state index in [2.05, 4.69) is 4.72 Å². The molecule has 0 amide bonds. The van der Waals surface area contributed by atoms with Gasteiger partial charge < -0.3 is 5.11 Å². The molecule has 2 N–H and O–H groups in total. The standard InChI is InChI=1S/C11H14ClNO6S2/c1-7(6-20(2,16)17)13-21(18,19)10-5-8(11(14)15)3-4-9(10)12/h3-5,7,13H,6H2,1-2H3,(H,14,15). The van der Waals surface area contributed by atoms with Gasteiger partial charge in [-0.2, -0.15) is 0 Å². The van der Waals surface area contributed by atoms with Crippen molar-refractivity contribution in [3.63, 3.8) is 0 Å². The lowest BCUT2D eigenvalue weighted by Crippen LogP contribution is -2.37. The molecule has 1 atom stereocenters. The second kappa shape index (κ2) is 6.30. The molecular weight excluding hydrogens is 342 g/mol. The summed E-state index contributed by atoms with van der Waals surface area (Å²) in [7, 11) is -7.49. The van der Waals surface area contributed by atoms with Gasteiger partial charge in [-0.1, -0.05) is 11.6 Å². The summed E-state index contributed by atoms with van der Waals surface area (Å²) >= 11 is 5.77. The number of rotatable bonds is 6. The fraction of sp³-hybridized carbons (Fsp3) is 0.364. The first-order valence-electron chi connectivity index (χ1n) is 5.65. The first kappa shape index (κ1) is 17.9. The van der Waals surface area contributed by atoms with E-state index in [-0.39, 0.29) is 16.3 Å². The molecule has 0 spiro atoms. The molecule has 1 aromatic rings. The molecule has 0 bridgehead atoms. The molecule has 21 heavy (non-hydrogen) atoms. The number of benzene rings is 1. The molecule has 0 saturated carbocycles. The van der Waals surface area contributed by atoms with E-state index in [9.17, 15) is 21.6 Å². The van der Waals surface area contributed by atoms with Crippen LogP contribution >= 0.6 is 11.6 Å². The quantitative estimate of drug-likeness (QED) is 0.777. The van der Waals surface area contributed by atoms with Gasteiger partial charge in [0.25, 0.3) is 0 Å². The monoisotopic (exact) mass is 355 g/mol. The van der Waals surface area contributed by atoms with Crippen molar-refractivity contribution in [2.24, 2.45) is 0 Å². The second-order valence-electron chi connectivity index (χ2n) is 4.57. The van der Waals surface area contributed by atoms with Gasteiger partial charge in [0.2, 0.25) is 10.0 Å². The van der Waals surface area contributed by atoms with E-state index in [1.165, 1.54) is 13.0 Å². The number of sulfone groups is 1. The van der Waals surface area contributed by atoms with Crippen molar-refractivity contribution in [1.29, 1.82) is 0 Å². The van der Waals surface area contributed by atoms with E-state index in [0.29, 0.717) is 0 Å². The Kier molecular flexibility index (Phi) is 5.37. The van der Waals surface area contributed by atoms with Gasteiger partial charge in [-0.15, -0.1) is 0 Å². The Labute approximate surface area is 127 Å². The minimum Gasteiger partial charge on any atom is -0.478 e. The normalized spacial score (nSPS) is 13.9. The van der Waals surface area contributed by atoms with Crippen molar-refractivity contribution < 1.29 is 26.7 Å². The Bertz CT molecular complexity index is 757. The van der Waals surface area contributed by atoms with Crippen LogP contribution < -0.4 is 4.72 Å². The number of carboxylic acid groups (broad SMARTS) is 1. The molecule has 1 rings (SSSR count). The molecule has 0 radical (unpaired) electrons. The van der Waals surface area contributed by atoms with Crippen LogP contribution in [0.25, 0.3) is 0 Å². The molecule has 0 aliphatic rings. The zero-order chi connectivity index (χ0) is 16.4. The van der Waals surface area contributed by atoms with E-state index in [1.807, 2.05) is 0 Å². The minimum atomic E-state index is -4.13. The number of halogens is 1. The molecule has 7 nitrogen and oxygen atoms in total. The van der Waals surface area contributed by atoms with Gasteiger partial charge in [-0.05, 0) is 25.1 Å². The van der Waals surface area contributed by atoms with Crippen molar-refractivity contribution in [3.8, 4) is 0 Å². The van der Waals surface area contributed by atoms with Crippen LogP contribution in [0, 0.1) is 0 Å². The molecule has 0 saturated heterocycles. The van der Waals surface area contributed by atoms with E-state index < -0.39 is 36.8 Å². The first-order valence-corrected chi connectivity index (χ1v) is 9.57. The number of hydrogen-bond acceptors (Lipinski definition) is 5. The molecule has 0 aliphatic heterocycles. The van der Waals surface area contributed by atoms with Crippen molar-refractivity contribution in [2.45, 2.75) is 17.9 Å². The molecule has 0 heterocycles. The number of aromatic carboxylic acids is 1. The van der Waals surface area contributed by atoms with Crippen LogP contribution in [0.4, 0.5) is 0 Å². The van der Waals surface area contributed by atoms with Gasteiger partial charge in [-0.3, -0.25) is 0 Å². The molecule has 118 valence electrons. The lowest BCUT2D eigenvalue weighted by Gasteiger charge is -2.14. The predicted molar refractivity (Wildman–Crippen MR) is 77.9 cm³/mol. The zero-order valence-electron chi connectivity index (χ0n) is 11.2. The van der Waals surface area contributed by atoms with Crippen LogP contribution in [0.1, 0.15) is 17.3 Å². The molecule has 1 aromatic carbocycles. The van der Waals surface area contributed by atoms with Crippen LogP contribution in [0.3, 0.4) is 0 Å². The summed E-state index contributed by atoms with van der Waals surface area (Å²) < 4.78 is 48.7. The third-order valence-electron chi connectivity index (χ3n) is 2.38. The highest BCUT2D eigenvalue weighted by molar-refractivity contribution is 7.91. The van der Waals surface area contributed by atoms with Crippen molar-refractivity contribution in [3.05, 3.63) is 28.8 Å². The van der Waals surface area contributed by atoms with E-state index in [0.717, 1.165) is 18.4 Å². The Morgan fingerprint density at radius 3 is 2.38 bits per heavy atom. The zero-order valence-corrected chi connectivity index (χ0v) is 13.6. The number of carboxylic acids is 1. The lowest BCUT2D eigenvalue weighted by atomic mass is 10.2. The minimum absolute atomic E-state index is 0.154. The number of sulfonamides is 1. The smallest absolute Gasteiger partial charge is 0.335 e.